The van der Waals surface area contributed by atoms with Gasteiger partial charge >= 0.3 is 0 Å². The van der Waals surface area contributed by atoms with Gasteiger partial charge in [0.1, 0.15) is 5.60 Å². The molecule has 0 aliphatic heterocycles. The van der Waals surface area contributed by atoms with Gasteiger partial charge in [0.05, 0.1) is 11.5 Å². The molecule has 1 N–H and O–H groups in total. The lowest BCUT2D eigenvalue weighted by Gasteiger charge is -2.40. The zero-order valence-electron chi connectivity index (χ0n) is 12.2. The Balaban J connectivity index is 2.10. The van der Waals surface area contributed by atoms with Gasteiger partial charge in [-0.2, -0.15) is 5.26 Å². The first-order chi connectivity index (χ1) is 10.1. The molecule has 0 saturated carbocycles. The molecule has 0 aromatic heterocycles. The zero-order chi connectivity index (χ0) is 14.9. The molecule has 1 unspecified atom stereocenters. The predicted molar refractivity (Wildman–Crippen MR) is 82.5 cm³/mol. The Hall–Kier alpha value is -2.11. The van der Waals surface area contributed by atoms with Gasteiger partial charge in [-0.15, -0.1) is 0 Å². The van der Waals surface area contributed by atoms with Crippen molar-refractivity contribution in [1.29, 1.82) is 5.26 Å². The van der Waals surface area contributed by atoms with Gasteiger partial charge in [-0.05, 0) is 36.0 Å². The van der Waals surface area contributed by atoms with Crippen LogP contribution in [0.2, 0.25) is 0 Å². The summed E-state index contributed by atoms with van der Waals surface area (Å²) < 4.78 is 0. The van der Waals surface area contributed by atoms with E-state index in [1.165, 1.54) is 11.1 Å². The largest absolute Gasteiger partial charge is 0.383 e. The molecule has 0 radical (unpaired) electrons. The van der Waals surface area contributed by atoms with Crippen molar-refractivity contribution in [3.05, 3.63) is 71.3 Å². The van der Waals surface area contributed by atoms with E-state index in [0.717, 1.165) is 5.56 Å². The van der Waals surface area contributed by atoms with Crippen molar-refractivity contribution in [1.82, 2.24) is 0 Å². The molecule has 3 rings (SSSR count). The highest BCUT2D eigenvalue weighted by Crippen LogP contribution is 2.50. The van der Waals surface area contributed by atoms with Gasteiger partial charge in [-0.25, -0.2) is 0 Å². The average Bonchev–Trinajstić information content (AvgIpc) is 2.95. The standard InChI is InChI=1S/C19H19NO/c1-2-19(21,17-10-4-3-5-11-17)18(14-20)12-15-8-6-7-9-16(15)13-18/h3-11,21H,2,12-13H2,1H3. The second-order valence-electron chi connectivity index (χ2n) is 5.90. The molecule has 0 amide bonds. The predicted octanol–water partition coefficient (Wildman–Crippen LogP) is 3.59. The van der Waals surface area contributed by atoms with Crippen LogP contribution < -0.4 is 0 Å². The molecule has 2 aromatic carbocycles. The van der Waals surface area contributed by atoms with Crippen molar-refractivity contribution >= 4 is 0 Å². The normalized spacial score (nSPS) is 18.5. The molecule has 1 aliphatic rings. The maximum atomic E-state index is 11.4. The van der Waals surface area contributed by atoms with Crippen LogP contribution >= 0.6 is 0 Å². The monoisotopic (exact) mass is 277 g/mol. The van der Waals surface area contributed by atoms with Gasteiger partial charge in [-0.3, -0.25) is 0 Å². The maximum Gasteiger partial charge on any atom is 0.109 e. The summed E-state index contributed by atoms with van der Waals surface area (Å²) in [6.45, 7) is 1.95. The third-order valence-electron chi connectivity index (χ3n) is 4.87. The molecular weight excluding hydrogens is 258 g/mol. The summed E-state index contributed by atoms with van der Waals surface area (Å²) in [6, 6.07) is 20.2. The third-order valence-corrected chi connectivity index (χ3v) is 4.87. The summed E-state index contributed by atoms with van der Waals surface area (Å²) in [5.41, 5.74) is 1.29. The molecular formula is C19H19NO. The number of hydrogen-bond donors (Lipinski definition) is 1. The van der Waals surface area contributed by atoms with Crippen LogP contribution in [0.1, 0.15) is 30.0 Å². The van der Waals surface area contributed by atoms with Gasteiger partial charge in [0, 0.05) is 0 Å². The Labute approximate surface area is 125 Å². The Morgan fingerprint density at radius 2 is 1.57 bits per heavy atom. The van der Waals surface area contributed by atoms with Crippen molar-refractivity contribution in [2.24, 2.45) is 5.41 Å². The van der Waals surface area contributed by atoms with E-state index in [0.29, 0.717) is 19.3 Å². The summed E-state index contributed by atoms with van der Waals surface area (Å²) in [4.78, 5) is 0. The molecule has 1 aliphatic carbocycles. The fraction of sp³-hybridized carbons (Fsp3) is 0.316. The summed E-state index contributed by atoms with van der Waals surface area (Å²) in [7, 11) is 0. The third kappa shape index (κ3) is 1.97. The molecule has 2 aromatic rings. The minimum Gasteiger partial charge on any atom is -0.383 e. The fourth-order valence-corrected chi connectivity index (χ4v) is 3.61. The van der Waals surface area contributed by atoms with Crippen LogP contribution in [-0.4, -0.2) is 5.11 Å². The van der Waals surface area contributed by atoms with Crippen LogP contribution in [0.3, 0.4) is 0 Å². The van der Waals surface area contributed by atoms with Crippen LogP contribution in [0, 0.1) is 16.7 Å². The minimum atomic E-state index is -1.12. The van der Waals surface area contributed by atoms with Crippen LogP contribution in [-0.2, 0) is 18.4 Å². The smallest absolute Gasteiger partial charge is 0.109 e. The highest BCUT2D eigenvalue weighted by Gasteiger charge is 2.53. The Morgan fingerprint density at radius 3 is 2.05 bits per heavy atom. The van der Waals surface area contributed by atoms with Gasteiger partial charge in [0.2, 0.25) is 0 Å². The molecule has 21 heavy (non-hydrogen) atoms. The molecule has 2 nitrogen and oxygen atoms in total. The average molecular weight is 277 g/mol. The lowest BCUT2D eigenvalue weighted by Crippen LogP contribution is -2.45. The molecule has 0 bridgehead atoms. The molecule has 1 atom stereocenters. The van der Waals surface area contributed by atoms with E-state index in [1.807, 2.05) is 49.4 Å². The number of nitrogens with zero attached hydrogens (tertiary/aromatic N) is 1. The molecule has 106 valence electrons. The van der Waals surface area contributed by atoms with Gasteiger partial charge in [0.25, 0.3) is 0 Å². The van der Waals surface area contributed by atoms with Gasteiger partial charge in [-0.1, -0.05) is 61.5 Å². The van der Waals surface area contributed by atoms with Crippen molar-refractivity contribution in [3.63, 3.8) is 0 Å². The number of fused-ring (bicyclic) bond motifs is 1. The molecule has 0 heterocycles. The second kappa shape index (κ2) is 5.02. The van der Waals surface area contributed by atoms with E-state index in [-0.39, 0.29) is 0 Å². The quantitative estimate of drug-likeness (QED) is 0.931. The maximum absolute atomic E-state index is 11.4. The first-order valence-corrected chi connectivity index (χ1v) is 7.41. The SMILES string of the molecule is CCC(O)(c1ccccc1)C1(C#N)Cc2ccccc2C1. The summed E-state index contributed by atoms with van der Waals surface area (Å²) in [6.07, 6.45) is 1.75. The minimum absolute atomic E-state index is 0.526. The van der Waals surface area contributed by atoms with Crippen LogP contribution in [0.5, 0.6) is 0 Å². The Kier molecular flexibility index (Phi) is 3.31. The van der Waals surface area contributed by atoms with E-state index < -0.39 is 11.0 Å². The summed E-state index contributed by atoms with van der Waals surface area (Å²) in [5, 5.41) is 21.3. The first kappa shape index (κ1) is 13.9. The highest BCUT2D eigenvalue weighted by molar-refractivity contribution is 5.42. The summed E-state index contributed by atoms with van der Waals surface area (Å²) >= 11 is 0. The second-order valence-corrected chi connectivity index (χ2v) is 5.90. The molecule has 0 saturated heterocycles. The Morgan fingerprint density at radius 1 is 1.05 bits per heavy atom. The van der Waals surface area contributed by atoms with E-state index in [1.54, 1.807) is 0 Å². The lowest BCUT2D eigenvalue weighted by atomic mass is 9.66. The van der Waals surface area contributed by atoms with Crippen molar-refractivity contribution in [2.45, 2.75) is 31.8 Å². The molecule has 2 heteroatoms. The van der Waals surface area contributed by atoms with E-state index >= 15 is 0 Å². The first-order valence-electron chi connectivity index (χ1n) is 7.41. The zero-order valence-corrected chi connectivity index (χ0v) is 12.2. The molecule has 0 spiro atoms. The topological polar surface area (TPSA) is 44.0 Å². The van der Waals surface area contributed by atoms with Crippen LogP contribution in [0.15, 0.2) is 54.6 Å². The van der Waals surface area contributed by atoms with Crippen molar-refractivity contribution in [2.75, 3.05) is 0 Å². The van der Waals surface area contributed by atoms with E-state index in [9.17, 15) is 10.4 Å². The molecule has 0 fully saturated rings. The number of nitriles is 1. The Bertz CT molecular complexity index is 661. The van der Waals surface area contributed by atoms with Crippen LogP contribution in [0.4, 0.5) is 0 Å². The lowest BCUT2D eigenvalue weighted by molar-refractivity contribution is -0.0612. The highest BCUT2D eigenvalue weighted by atomic mass is 16.3. The van der Waals surface area contributed by atoms with Crippen molar-refractivity contribution < 1.29 is 5.11 Å². The van der Waals surface area contributed by atoms with Crippen molar-refractivity contribution in [3.8, 4) is 6.07 Å². The van der Waals surface area contributed by atoms with Crippen LogP contribution in [0.25, 0.3) is 0 Å². The van der Waals surface area contributed by atoms with Gasteiger partial charge < -0.3 is 5.11 Å². The van der Waals surface area contributed by atoms with E-state index in [4.69, 9.17) is 0 Å². The number of benzene rings is 2. The number of aliphatic hydroxyl groups is 1. The number of rotatable bonds is 3. The van der Waals surface area contributed by atoms with E-state index in [2.05, 4.69) is 18.2 Å². The number of hydrogen-bond acceptors (Lipinski definition) is 2. The summed E-state index contributed by atoms with van der Waals surface area (Å²) in [5.74, 6) is 0. The fourth-order valence-electron chi connectivity index (χ4n) is 3.61. The van der Waals surface area contributed by atoms with Gasteiger partial charge in [0.15, 0.2) is 0 Å².